The third-order valence-electron chi connectivity index (χ3n) is 6.40. The molecule has 2 aliphatic rings. The number of para-hydroxylation sites is 1. The summed E-state index contributed by atoms with van der Waals surface area (Å²) in [4.78, 5) is 41.6. The largest absolute Gasteiger partial charge is 0.347 e. The molecule has 1 unspecified atom stereocenters. The minimum absolute atomic E-state index is 0.341. The number of ketones is 1. The van der Waals surface area contributed by atoms with Crippen LogP contribution in [0.2, 0.25) is 0 Å². The van der Waals surface area contributed by atoms with Crippen LogP contribution in [0.5, 0.6) is 0 Å². The van der Waals surface area contributed by atoms with Crippen LogP contribution in [0.4, 0.5) is 10.5 Å². The second kappa shape index (κ2) is 7.34. The van der Waals surface area contributed by atoms with Crippen molar-refractivity contribution in [2.24, 2.45) is 0 Å². The molecule has 1 atom stereocenters. The number of nitrogens with zero attached hydrogens (tertiary/aromatic N) is 3. The maximum Gasteiger partial charge on any atom is 0.325 e. The average Bonchev–Trinajstić information content (AvgIpc) is 3.11. The Labute approximate surface area is 186 Å². The summed E-state index contributed by atoms with van der Waals surface area (Å²) in [6.07, 6.45) is 1.52. The highest BCUT2D eigenvalue weighted by Crippen LogP contribution is 2.46. The van der Waals surface area contributed by atoms with Gasteiger partial charge in [0.25, 0.3) is 5.91 Å². The van der Waals surface area contributed by atoms with Gasteiger partial charge in [-0.25, -0.2) is 4.79 Å². The molecule has 0 radical (unpaired) electrons. The van der Waals surface area contributed by atoms with Crippen LogP contribution >= 0.6 is 0 Å². The van der Waals surface area contributed by atoms with Crippen LogP contribution in [0.25, 0.3) is 0 Å². The van der Waals surface area contributed by atoms with Crippen molar-refractivity contribution in [1.29, 1.82) is 5.26 Å². The van der Waals surface area contributed by atoms with E-state index in [2.05, 4.69) is 5.32 Å². The van der Waals surface area contributed by atoms with Gasteiger partial charge in [0.1, 0.15) is 5.54 Å². The number of nitrogens with one attached hydrogen (secondary N) is 1. The van der Waals surface area contributed by atoms with E-state index in [1.807, 2.05) is 56.1 Å². The molecule has 1 N–H and O–H groups in total. The fourth-order valence-electron chi connectivity index (χ4n) is 4.55. The van der Waals surface area contributed by atoms with E-state index >= 15 is 0 Å². The number of rotatable bonds is 4. The van der Waals surface area contributed by atoms with E-state index in [-0.39, 0.29) is 17.7 Å². The Bertz CT molecular complexity index is 1220. The summed E-state index contributed by atoms with van der Waals surface area (Å²) in [6, 6.07) is 15.9. The van der Waals surface area contributed by atoms with Crippen molar-refractivity contribution in [3.05, 3.63) is 77.0 Å². The summed E-state index contributed by atoms with van der Waals surface area (Å²) >= 11 is 0. The van der Waals surface area contributed by atoms with Crippen LogP contribution in [0.15, 0.2) is 60.3 Å². The van der Waals surface area contributed by atoms with Gasteiger partial charge in [-0.3, -0.25) is 14.5 Å². The lowest BCUT2D eigenvalue weighted by Crippen LogP contribution is -2.41. The summed E-state index contributed by atoms with van der Waals surface area (Å²) in [7, 11) is 1.90. The number of fused-ring (bicyclic) bond motifs is 1. The number of likely N-dealkylation sites (N-methyl/N-ethyl adjacent to an activating group) is 1. The highest BCUT2D eigenvalue weighted by atomic mass is 16.2. The van der Waals surface area contributed by atoms with E-state index in [0.29, 0.717) is 11.1 Å². The minimum Gasteiger partial charge on any atom is -0.347 e. The van der Waals surface area contributed by atoms with Gasteiger partial charge in [0.2, 0.25) is 0 Å². The van der Waals surface area contributed by atoms with E-state index in [0.717, 1.165) is 21.8 Å². The fraction of sp³-hybridized carbons (Fsp3) is 0.280. The van der Waals surface area contributed by atoms with Crippen molar-refractivity contribution < 1.29 is 14.4 Å². The van der Waals surface area contributed by atoms with Gasteiger partial charge in [0, 0.05) is 29.9 Å². The average molecular weight is 428 g/mol. The van der Waals surface area contributed by atoms with Crippen LogP contribution in [-0.4, -0.2) is 36.2 Å². The molecule has 0 bridgehead atoms. The SMILES string of the molecule is CN1/C(=C\C(=O)CN2C(=O)NC(C)(c3cccc(C#N)c3)C2=O)C(C)(C)c2ccccc21. The summed E-state index contributed by atoms with van der Waals surface area (Å²) in [5.41, 5.74) is 2.10. The summed E-state index contributed by atoms with van der Waals surface area (Å²) in [5, 5.41) is 11.8. The number of amides is 3. The first-order valence-corrected chi connectivity index (χ1v) is 10.3. The number of anilines is 1. The number of carbonyl (C=O) groups excluding carboxylic acids is 3. The number of benzene rings is 2. The predicted octanol–water partition coefficient (Wildman–Crippen LogP) is 3.21. The Morgan fingerprint density at radius 2 is 1.84 bits per heavy atom. The molecular weight excluding hydrogens is 404 g/mol. The number of hydrogen-bond acceptors (Lipinski definition) is 5. The number of allylic oxidation sites excluding steroid dienone is 1. The Balaban J connectivity index is 1.59. The van der Waals surface area contributed by atoms with Crippen molar-refractivity contribution >= 4 is 23.4 Å². The molecule has 0 saturated carbocycles. The van der Waals surface area contributed by atoms with Crippen LogP contribution in [0.1, 0.15) is 37.5 Å². The molecule has 162 valence electrons. The maximum absolute atomic E-state index is 13.2. The highest BCUT2D eigenvalue weighted by molar-refractivity contribution is 6.10. The predicted molar refractivity (Wildman–Crippen MR) is 120 cm³/mol. The first-order chi connectivity index (χ1) is 15.1. The van der Waals surface area contributed by atoms with Gasteiger partial charge in [-0.1, -0.05) is 44.2 Å². The van der Waals surface area contributed by atoms with Gasteiger partial charge in [-0.2, -0.15) is 5.26 Å². The standard InChI is InChI=1S/C25H24N4O3/c1-24(2)19-10-5-6-11-20(19)28(4)21(24)13-18(30)15-29-22(31)25(3,27-23(29)32)17-9-7-8-16(12-17)14-26/h5-13H,15H2,1-4H3,(H,27,32)/b21-13-. The van der Waals surface area contributed by atoms with Crippen molar-refractivity contribution in [1.82, 2.24) is 10.2 Å². The third-order valence-corrected chi connectivity index (χ3v) is 6.40. The molecular formula is C25H24N4O3. The van der Waals surface area contributed by atoms with Gasteiger partial charge in [-0.15, -0.1) is 0 Å². The van der Waals surface area contributed by atoms with Crippen LogP contribution in [0, 0.1) is 11.3 Å². The Kier molecular flexibility index (Phi) is 4.89. The number of nitriles is 1. The second-order valence-electron chi connectivity index (χ2n) is 8.84. The molecule has 32 heavy (non-hydrogen) atoms. The molecule has 2 aromatic carbocycles. The van der Waals surface area contributed by atoms with Gasteiger partial charge < -0.3 is 10.2 Å². The molecule has 1 saturated heterocycles. The van der Waals surface area contributed by atoms with Gasteiger partial charge in [0.05, 0.1) is 18.2 Å². The zero-order valence-corrected chi connectivity index (χ0v) is 18.5. The van der Waals surface area contributed by atoms with Crippen LogP contribution in [-0.2, 0) is 20.5 Å². The minimum atomic E-state index is -1.34. The number of carbonyl (C=O) groups is 3. The number of imide groups is 1. The zero-order chi connectivity index (χ0) is 23.3. The van der Waals surface area contributed by atoms with Crippen molar-refractivity contribution in [2.45, 2.75) is 31.7 Å². The number of hydrogen-bond donors (Lipinski definition) is 1. The van der Waals surface area contributed by atoms with Gasteiger partial charge >= 0.3 is 6.03 Å². The molecule has 4 rings (SSSR count). The van der Waals surface area contributed by atoms with E-state index in [4.69, 9.17) is 5.26 Å². The Morgan fingerprint density at radius 1 is 1.12 bits per heavy atom. The lowest BCUT2D eigenvalue weighted by atomic mass is 9.83. The van der Waals surface area contributed by atoms with Crippen LogP contribution < -0.4 is 10.2 Å². The molecule has 7 nitrogen and oxygen atoms in total. The highest BCUT2D eigenvalue weighted by Gasteiger charge is 2.49. The molecule has 2 aromatic rings. The van der Waals surface area contributed by atoms with E-state index < -0.39 is 17.5 Å². The second-order valence-corrected chi connectivity index (χ2v) is 8.84. The first kappa shape index (κ1) is 21.3. The monoisotopic (exact) mass is 428 g/mol. The van der Waals surface area contributed by atoms with Crippen molar-refractivity contribution in [2.75, 3.05) is 18.5 Å². The summed E-state index contributed by atoms with van der Waals surface area (Å²) < 4.78 is 0. The molecule has 2 aliphatic heterocycles. The molecule has 0 aromatic heterocycles. The molecule has 7 heteroatoms. The fourth-order valence-corrected chi connectivity index (χ4v) is 4.55. The third kappa shape index (κ3) is 3.16. The lowest BCUT2D eigenvalue weighted by Gasteiger charge is -2.24. The lowest BCUT2D eigenvalue weighted by molar-refractivity contribution is -0.133. The van der Waals surface area contributed by atoms with Gasteiger partial charge in [-0.05, 0) is 36.2 Å². The van der Waals surface area contributed by atoms with E-state index in [1.165, 1.54) is 6.08 Å². The number of urea groups is 1. The molecule has 2 heterocycles. The molecule has 0 spiro atoms. The Hall–Kier alpha value is -3.92. The van der Waals surface area contributed by atoms with Gasteiger partial charge in [0.15, 0.2) is 5.78 Å². The van der Waals surface area contributed by atoms with E-state index in [9.17, 15) is 14.4 Å². The molecule has 0 aliphatic carbocycles. The summed E-state index contributed by atoms with van der Waals surface area (Å²) in [6.45, 7) is 5.31. The first-order valence-electron chi connectivity index (χ1n) is 10.3. The maximum atomic E-state index is 13.2. The normalized spacial score (nSPS) is 22.7. The van der Waals surface area contributed by atoms with E-state index in [1.54, 1.807) is 31.2 Å². The van der Waals surface area contributed by atoms with Crippen LogP contribution in [0.3, 0.4) is 0 Å². The summed E-state index contributed by atoms with van der Waals surface area (Å²) in [5.74, 6) is -0.863. The quantitative estimate of drug-likeness (QED) is 0.596. The molecule has 3 amide bonds. The zero-order valence-electron chi connectivity index (χ0n) is 18.5. The Morgan fingerprint density at radius 3 is 2.53 bits per heavy atom. The topological polar surface area (TPSA) is 93.5 Å². The molecule has 1 fully saturated rings. The smallest absolute Gasteiger partial charge is 0.325 e. The van der Waals surface area contributed by atoms with Crippen molar-refractivity contribution in [3.8, 4) is 6.07 Å². The van der Waals surface area contributed by atoms with Crippen molar-refractivity contribution in [3.63, 3.8) is 0 Å².